The minimum Gasteiger partial charge on any atom is -0.349 e. The minimum atomic E-state index is -0.0544. The summed E-state index contributed by atoms with van der Waals surface area (Å²) in [6.45, 7) is 1.93. The molecule has 6 heteroatoms. The van der Waals surface area contributed by atoms with Crippen LogP contribution in [-0.4, -0.2) is 36.0 Å². The number of hydrogen-bond acceptors (Lipinski definition) is 2. The lowest BCUT2D eigenvalue weighted by Gasteiger charge is -2.36. The van der Waals surface area contributed by atoms with Crippen LogP contribution in [0.5, 0.6) is 0 Å². The van der Waals surface area contributed by atoms with E-state index in [1.165, 1.54) is 12.8 Å². The van der Waals surface area contributed by atoms with Crippen LogP contribution in [0.4, 0.5) is 10.5 Å². The quantitative estimate of drug-likeness (QED) is 0.764. The Labute approximate surface area is 176 Å². The first-order chi connectivity index (χ1) is 14.1. The first-order valence-electron chi connectivity index (χ1n) is 10.3. The van der Waals surface area contributed by atoms with E-state index in [4.69, 9.17) is 11.6 Å². The van der Waals surface area contributed by atoms with Crippen LogP contribution in [0, 0.1) is 0 Å². The van der Waals surface area contributed by atoms with Crippen LogP contribution in [-0.2, 0) is 6.54 Å². The van der Waals surface area contributed by atoms with Crippen molar-refractivity contribution in [2.45, 2.75) is 44.7 Å². The van der Waals surface area contributed by atoms with E-state index in [2.05, 4.69) is 5.32 Å². The Morgan fingerprint density at radius 1 is 1.03 bits per heavy atom. The van der Waals surface area contributed by atoms with Gasteiger partial charge in [0.25, 0.3) is 5.91 Å². The van der Waals surface area contributed by atoms with Gasteiger partial charge in [-0.25, -0.2) is 4.79 Å². The molecule has 1 saturated heterocycles. The second-order valence-electron chi connectivity index (χ2n) is 7.84. The van der Waals surface area contributed by atoms with Crippen LogP contribution >= 0.6 is 11.6 Å². The number of carbonyl (C=O) groups is 2. The maximum absolute atomic E-state index is 13.1. The molecule has 0 bridgehead atoms. The van der Waals surface area contributed by atoms with Crippen molar-refractivity contribution in [3.05, 3.63) is 64.7 Å². The number of carbonyl (C=O) groups excluding carboxylic acids is 2. The Morgan fingerprint density at radius 3 is 2.55 bits per heavy atom. The van der Waals surface area contributed by atoms with E-state index in [-0.39, 0.29) is 18.0 Å². The molecule has 1 aliphatic heterocycles. The zero-order valence-corrected chi connectivity index (χ0v) is 17.2. The van der Waals surface area contributed by atoms with E-state index in [1.54, 1.807) is 4.90 Å². The van der Waals surface area contributed by atoms with Crippen LogP contribution in [0.25, 0.3) is 0 Å². The molecule has 1 aliphatic carbocycles. The molecule has 2 aromatic carbocycles. The molecule has 1 saturated carbocycles. The SMILES string of the molecule is O=C(NC1CCCC1)c1cccc(N2CCCN(Cc3ccc(Cl)cc3)C2=O)c1. The molecule has 152 valence electrons. The van der Waals surface area contributed by atoms with Crippen LogP contribution in [0.3, 0.4) is 0 Å². The number of rotatable bonds is 5. The Balaban J connectivity index is 1.46. The number of urea groups is 1. The molecule has 2 aromatic rings. The zero-order chi connectivity index (χ0) is 20.2. The number of nitrogens with zero attached hydrogens (tertiary/aromatic N) is 2. The van der Waals surface area contributed by atoms with Gasteiger partial charge in [-0.1, -0.05) is 42.6 Å². The summed E-state index contributed by atoms with van der Waals surface area (Å²) in [6, 6.07) is 15.2. The predicted octanol–water partition coefficient (Wildman–Crippen LogP) is 4.84. The summed E-state index contributed by atoms with van der Waals surface area (Å²) in [5, 5.41) is 3.81. The standard InChI is InChI=1S/C23H26ClN3O2/c24-19-11-9-17(10-12-19)16-26-13-4-14-27(23(26)29)21-8-3-5-18(15-21)22(28)25-20-6-1-2-7-20/h3,5,8-12,15,20H,1-2,4,6-7,13-14,16H2,(H,25,28). The summed E-state index contributed by atoms with van der Waals surface area (Å²) in [4.78, 5) is 29.3. The number of benzene rings is 2. The van der Waals surface area contributed by atoms with Crippen molar-refractivity contribution < 1.29 is 9.59 Å². The highest BCUT2D eigenvalue weighted by Gasteiger charge is 2.27. The van der Waals surface area contributed by atoms with Gasteiger partial charge in [0.1, 0.15) is 0 Å². The fraction of sp³-hybridized carbons (Fsp3) is 0.391. The highest BCUT2D eigenvalue weighted by molar-refractivity contribution is 6.30. The van der Waals surface area contributed by atoms with Gasteiger partial charge in [-0.15, -0.1) is 0 Å². The van der Waals surface area contributed by atoms with Gasteiger partial charge in [-0.3, -0.25) is 9.69 Å². The summed E-state index contributed by atoms with van der Waals surface area (Å²) >= 11 is 5.96. The largest absolute Gasteiger partial charge is 0.349 e. The molecule has 29 heavy (non-hydrogen) atoms. The van der Waals surface area contributed by atoms with E-state index in [0.717, 1.165) is 37.1 Å². The molecule has 0 radical (unpaired) electrons. The third kappa shape index (κ3) is 4.73. The van der Waals surface area contributed by atoms with Crippen molar-refractivity contribution >= 4 is 29.2 Å². The van der Waals surface area contributed by atoms with Gasteiger partial charge >= 0.3 is 6.03 Å². The van der Waals surface area contributed by atoms with Gasteiger partial charge in [-0.05, 0) is 55.2 Å². The second kappa shape index (κ2) is 8.87. The molecule has 0 spiro atoms. The topological polar surface area (TPSA) is 52.7 Å². The van der Waals surface area contributed by atoms with Crippen LogP contribution in [0.1, 0.15) is 48.0 Å². The maximum atomic E-state index is 13.1. The lowest BCUT2D eigenvalue weighted by molar-refractivity contribution is 0.0938. The molecule has 5 nitrogen and oxygen atoms in total. The summed E-state index contributed by atoms with van der Waals surface area (Å²) in [5.74, 6) is -0.0544. The fourth-order valence-corrected chi connectivity index (χ4v) is 4.26. The Morgan fingerprint density at radius 2 is 1.79 bits per heavy atom. The zero-order valence-electron chi connectivity index (χ0n) is 16.4. The van der Waals surface area contributed by atoms with E-state index in [9.17, 15) is 9.59 Å². The number of halogens is 1. The van der Waals surface area contributed by atoms with Crippen molar-refractivity contribution in [2.24, 2.45) is 0 Å². The Kier molecular flexibility index (Phi) is 6.05. The lowest BCUT2D eigenvalue weighted by Crippen LogP contribution is -2.49. The molecule has 4 rings (SSSR count). The molecule has 2 aliphatic rings. The molecular formula is C23H26ClN3O2. The van der Waals surface area contributed by atoms with Crippen molar-refractivity contribution in [1.29, 1.82) is 0 Å². The van der Waals surface area contributed by atoms with Gasteiger partial charge in [0.05, 0.1) is 0 Å². The van der Waals surface area contributed by atoms with Gasteiger partial charge in [0.15, 0.2) is 0 Å². The number of nitrogens with one attached hydrogen (secondary N) is 1. The van der Waals surface area contributed by atoms with Gasteiger partial charge in [-0.2, -0.15) is 0 Å². The number of hydrogen-bond donors (Lipinski definition) is 1. The van der Waals surface area contributed by atoms with Crippen molar-refractivity contribution in [1.82, 2.24) is 10.2 Å². The molecule has 0 aromatic heterocycles. The van der Waals surface area contributed by atoms with Crippen LogP contribution in [0.15, 0.2) is 48.5 Å². The maximum Gasteiger partial charge on any atom is 0.324 e. The Hall–Kier alpha value is -2.53. The van der Waals surface area contributed by atoms with Crippen molar-refractivity contribution in [3.63, 3.8) is 0 Å². The highest BCUT2D eigenvalue weighted by Crippen LogP contribution is 2.24. The third-order valence-electron chi connectivity index (χ3n) is 5.71. The lowest BCUT2D eigenvalue weighted by atomic mass is 10.1. The summed E-state index contributed by atoms with van der Waals surface area (Å²) in [6.07, 6.45) is 5.34. The van der Waals surface area contributed by atoms with Crippen LogP contribution in [0.2, 0.25) is 5.02 Å². The smallest absolute Gasteiger partial charge is 0.324 e. The van der Waals surface area contributed by atoms with E-state index >= 15 is 0 Å². The van der Waals surface area contributed by atoms with Gasteiger partial charge in [0, 0.05) is 41.9 Å². The molecule has 2 fully saturated rings. The number of anilines is 1. The highest BCUT2D eigenvalue weighted by atomic mass is 35.5. The summed E-state index contributed by atoms with van der Waals surface area (Å²) in [5.41, 5.74) is 2.43. The predicted molar refractivity (Wildman–Crippen MR) is 115 cm³/mol. The summed E-state index contributed by atoms with van der Waals surface area (Å²) < 4.78 is 0. The first-order valence-corrected chi connectivity index (χ1v) is 10.7. The fourth-order valence-electron chi connectivity index (χ4n) is 4.13. The molecule has 0 atom stereocenters. The van der Waals surface area contributed by atoms with Crippen molar-refractivity contribution in [2.75, 3.05) is 18.0 Å². The van der Waals surface area contributed by atoms with E-state index in [1.807, 2.05) is 53.4 Å². The van der Waals surface area contributed by atoms with Crippen LogP contribution < -0.4 is 10.2 Å². The number of amides is 3. The molecular weight excluding hydrogens is 386 g/mol. The molecule has 0 unspecified atom stereocenters. The molecule has 3 amide bonds. The monoisotopic (exact) mass is 411 g/mol. The second-order valence-corrected chi connectivity index (χ2v) is 8.28. The Bertz CT molecular complexity index is 878. The van der Waals surface area contributed by atoms with E-state index in [0.29, 0.717) is 23.7 Å². The average Bonchev–Trinajstić information content (AvgIpc) is 3.24. The van der Waals surface area contributed by atoms with Gasteiger partial charge < -0.3 is 10.2 Å². The van der Waals surface area contributed by atoms with E-state index < -0.39 is 0 Å². The third-order valence-corrected chi connectivity index (χ3v) is 5.96. The first kappa shape index (κ1) is 19.8. The average molecular weight is 412 g/mol. The summed E-state index contributed by atoms with van der Waals surface area (Å²) in [7, 11) is 0. The molecule has 1 N–H and O–H groups in total. The normalized spacial score (nSPS) is 17.6. The molecule has 1 heterocycles. The minimum absolute atomic E-state index is 0.0282. The van der Waals surface area contributed by atoms with Gasteiger partial charge in [0.2, 0.25) is 0 Å². The van der Waals surface area contributed by atoms with Crippen molar-refractivity contribution in [3.8, 4) is 0 Å².